The van der Waals surface area contributed by atoms with E-state index >= 15 is 0 Å². The Hall–Kier alpha value is -2.90. The predicted molar refractivity (Wildman–Crippen MR) is 80.5 cm³/mol. The largest absolute Gasteiger partial charge is 0.481 e. The average Bonchev–Trinajstić information content (AvgIpc) is 2.86. The van der Waals surface area contributed by atoms with E-state index < -0.39 is 17.8 Å². The molecular formula is C15H16FN3O4. The van der Waals surface area contributed by atoms with Crippen molar-refractivity contribution in [3.05, 3.63) is 35.6 Å². The zero-order chi connectivity index (χ0) is 17.0. The van der Waals surface area contributed by atoms with Crippen LogP contribution in [0, 0.1) is 12.7 Å². The normalized spacial score (nSPS) is 10.4. The molecule has 122 valence electrons. The molecule has 0 spiro atoms. The van der Waals surface area contributed by atoms with Gasteiger partial charge in [-0.25, -0.2) is 9.18 Å². The number of anilines is 1. The number of halogens is 1. The van der Waals surface area contributed by atoms with E-state index in [2.05, 4.69) is 10.5 Å². The molecule has 0 aliphatic carbocycles. The monoisotopic (exact) mass is 321 g/mol. The second-order valence-corrected chi connectivity index (χ2v) is 4.96. The van der Waals surface area contributed by atoms with Gasteiger partial charge >= 0.3 is 12.0 Å². The van der Waals surface area contributed by atoms with E-state index in [1.165, 1.54) is 18.0 Å². The van der Waals surface area contributed by atoms with Crippen LogP contribution in [0.15, 0.2) is 28.8 Å². The highest BCUT2D eigenvalue weighted by atomic mass is 19.1. The molecule has 0 saturated heterocycles. The molecule has 8 heteroatoms. The molecule has 2 rings (SSSR count). The van der Waals surface area contributed by atoms with Gasteiger partial charge in [0.05, 0.1) is 12.0 Å². The molecule has 2 aromatic rings. The van der Waals surface area contributed by atoms with Gasteiger partial charge in [-0.1, -0.05) is 17.3 Å². The molecule has 23 heavy (non-hydrogen) atoms. The van der Waals surface area contributed by atoms with Crippen LogP contribution in [0.25, 0.3) is 11.3 Å². The second kappa shape index (κ2) is 6.91. The van der Waals surface area contributed by atoms with Crippen LogP contribution in [0.5, 0.6) is 0 Å². The predicted octanol–water partition coefficient (Wildman–Crippen LogP) is 2.73. The Morgan fingerprint density at radius 2 is 2.09 bits per heavy atom. The minimum Gasteiger partial charge on any atom is -0.481 e. The molecule has 7 nitrogen and oxygen atoms in total. The molecule has 0 fully saturated rings. The number of nitrogens with one attached hydrogen (secondary N) is 1. The number of nitrogens with zero attached hydrogens (tertiary/aromatic N) is 2. The van der Waals surface area contributed by atoms with Crippen molar-refractivity contribution in [3.8, 4) is 11.3 Å². The van der Waals surface area contributed by atoms with Crippen LogP contribution >= 0.6 is 0 Å². The zero-order valence-electron chi connectivity index (χ0n) is 12.7. The summed E-state index contributed by atoms with van der Waals surface area (Å²) >= 11 is 0. The number of urea groups is 1. The molecule has 0 aliphatic rings. The van der Waals surface area contributed by atoms with Crippen molar-refractivity contribution in [2.24, 2.45) is 0 Å². The number of carbonyl (C=O) groups is 2. The average molecular weight is 321 g/mol. The summed E-state index contributed by atoms with van der Waals surface area (Å²) < 4.78 is 18.9. The summed E-state index contributed by atoms with van der Waals surface area (Å²) in [7, 11) is 1.46. The third kappa shape index (κ3) is 3.85. The topological polar surface area (TPSA) is 95.7 Å². The molecule has 0 saturated carbocycles. The molecule has 1 heterocycles. The quantitative estimate of drug-likeness (QED) is 0.883. The van der Waals surface area contributed by atoms with E-state index in [9.17, 15) is 14.0 Å². The Kier molecular flexibility index (Phi) is 4.95. The second-order valence-electron chi connectivity index (χ2n) is 4.96. The maximum atomic E-state index is 13.8. The van der Waals surface area contributed by atoms with Crippen LogP contribution in [0.3, 0.4) is 0 Å². The van der Waals surface area contributed by atoms with Crippen LogP contribution in [0.4, 0.5) is 15.0 Å². The molecule has 0 radical (unpaired) electrons. The number of amides is 2. The van der Waals surface area contributed by atoms with Crippen molar-refractivity contribution >= 4 is 17.8 Å². The molecule has 2 N–H and O–H groups in total. The van der Waals surface area contributed by atoms with Gasteiger partial charge in [0, 0.05) is 19.2 Å². The van der Waals surface area contributed by atoms with Crippen LogP contribution in [0.1, 0.15) is 12.0 Å². The first-order valence-corrected chi connectivity index (χ1v) is 6.85. The molecule has 1 aromatic carbocycles. The van der Waals surface area contributed by atoms with E-state index in [1.54, 1.807) is 25.1 Å². The molecular weight excluding hydrogens is 305 g/mol. The number of carboxylic acids is 1. The lowest BCUT2D eigenvalue weighted by Gasteiger charge is -2.15. The highest BCUT2D eigenvalue weighted by Crippen LogP contribution is 2.30. The Labute approximate surface area is 131 Å². The van der Waals surface area contributed by atoms with Crippen molar-refractivity contribution < 1.29 is 23.6 Å². The summed E-state index contributed by atoms with van der Waals surface area (Å²) in [6.45, 7) is 1.70. The van der Waals surface area contributed by atoms with Gasteiger partial charge in [-0.2, -0.15) is 0 Å². The molecule has 0 aliphatic heterocycles. The number of aromatic nitrogens is 1. The van der Waals surface area contributed by atoms with Gasteiger partial charge in [0.25, 0.3) is 0 Å². The fourth-order valence-electron chi connectivity index (χ4n) is 1.91. The van der Waals surface area contributed by atoms with E-state index in [0.29, 0.717) is 5.56 Å². The van der Waals surface area contributed by atoms with E-state index in [1.807, 2.05) is 0 Å². The number of rotatable bonds is 5. The number of aliphatic carboxylic acids is 1. The summed E-state index contributed by atoms with van der Waals surface area (Å²) in [5.74, 6) is -1.06. The van der Waals surface area contributed by atoms with Crippen molar-refractivity contribution in [3.63, 3.8) is 0 Å². The van der Waals surface area contributed by atoms with Gasteiger partial charge in [0.1, 0.15) is 5.82 Å². The van der Waals surface area contributed by atoms with Crippen LogP contribution in [0.2, 0.25) is 0 Å². The summed E-state index contributed by atoms with van der Waals surface area (Å²) in [5, 5.41) is 14.9. The standard InChI is InChI=1S/C15H16FN3O4/c1-9-13(10-5-3-4-6-11(10)16)23-18-14(9)17-15(22)19(2)8-7-12(20)21/h3-6H,7-8H2,1-2H3,(H,20,21)(H,17,18,22). The Bertz CT molecular complexity index is 729. The van der Waals surface area contributed by atoms with Crippen molar-refractivity contribution in [2.75, 3.05) is 18.9 Å². The van der Waals surface area contributed by atoms with Gasteiger partial charge in [-0.15, -0.1) is 0 Å². The van der Waals surface area contributed by atoms with Gasteiger partial charge in [-0.05, 0) is 19.1 Å². The highest BCUT2D eigenvalue weighted by molar-refractivity contribution is 5.90. The van der Waals surface area contributed by atoms with Gasteiger partial charge < -0.3 is 14.5 Å². The summed E-state index contributed by atoms with van der Waals surface area (Å²) in [4.78, 5) is 23.7. The lowest BCUT2D eigenvalue weighted by Crippen LogP contribution is -2.33. The Morgan fingerprint density at radius 3 is 2.74 bits per heavy atom. The molecule has 0 unspecified atom stereocenters. The van der Waals surface area contributed by atoms with Crippen LogP contribution in [-0.4, -0.2) is 40.8 Å². The minimum absolute atomic E-state index is 0.0538. The highest BCUT2D eigenvalue weighted by Gasteiger charge is 2.19. The Balaban J connectivity index is 2.12. The van der Waals surface area contributed by atoms with Gasteiger partial charge in [0.15, 0.2) is 11.6 Å². The molecule has 0 atom stereocenters. The third-order valence-corrected chi connectivity index (χ3v) is 3.28. The van der Waals surface area contributed by atoms with Crippen LogP contribution in [-0.2, 0) is 4.79 Å². The fourth-order valence-corrected chi connectivity index (χ4v) is 1.91. The van der Waals surface area contributed by atoms with Crippen LogP contribution < -0.4 is 5.32 Å². The van der Waals surface area contributed by atoms with Gasteiger partial charge in [-0.3, -0.25) is 10.1 Å². The van der Waals surface area contributed by atoms with Crippen molar-refractivity contribution in [1.82, 2.24) is 10.1 Å². The van der Waals surface area contributed by atoms with Crippen molar-refractivity contribution in [2.45, 2.75) is 13.3 Å². The number of benzene rings is 1. The van der Waals surface area contributed by atoms with E-state index in [4.69, 9.17) is 9.63 Å². The summed E-state index contributed by atoms with van der Waals surface area (Å²) in [6.07, 6.45) is -0.164. The lowest BCUT2D eigenvalue weighted by atomic mass is 10.1. The fraction of sp³-hybridized carbons (Fsp3) is 0.267. The van der Waals surface area contributed by atoms with E-state index in [-0.39, 0.29) is 30.1 Å². The third-order valence-electron chi connectivity index (χ3n) is 3.28. The molecule has 1 aromatic heterocycles. The van der Waals surface area contributed by atoms with Crippen molar-refractivity contribution in [1.29, 1.82) is 0 Å². The molecule has 0 bridgehead atoms. The lowest BCUT2D eigenvalue weighted by molar-refractivity contribution is -0.137. The first-order valence-electron chi connectivity index (χ1n) is 6.85. The first-order chi connectivity index (χ1) is 10.9. The van der Waals surface area contributed by atoms with E-state index in [0.717, 1.165) is 0 Å². The SMILES string of the molecule is Cc1c(NC(=O)N(C)CCC(=O)O)noc1-c1ccccc1F. The van der Waals surface area contributed by atoms with Gasteiger partial charge in [0.2, 0.25) is 0 Å². The zero-order valence-corrected chi connectivity index (χ0v) is 12.7. The number of carboxylic acid groups (broad SMARTS) is 1. The minimum atomic E-state index is -0.996. The summed E-state index contributed by atoms with van der Waals surface area (Å²) in [5.41, 5.74) is 0.729. The number of hydrogen-bond donors (Lipinski definition) is 2. The number of hydrogen-bond acceptors (Lipinski definition) is 4. The maximum Gasteiger partial charge on any atom is 0.322 e. The smallest absolute Gasteiger partial charge is 0.322 e. The number of carbonyl (C=O) groups excluding carboxylic acids is 1. The summed E-state index contributed by atoms with van der Waals surface area (Å²) in [6, 6.07) is 5.55. The maximum absolute atomic E-state index is 13.8. The Morgan fingerprint density at radius 1 is 1.39 bits per heavy atom. The first kappa shape index (κ1) is 16.5. The molecule has 2 amide bonds.